The molecule has 0 aliphatic heterocycles. The fourth-order valence-electron chi connectivity index (χ4n) is 2.54. The highest BCUT2D eigenvalue weighted by atomic mass is 32.2. The van der Waals surface area contributed by atoms with Crippen LogP contribution in [0.15, 0.2) is 52.6 Å². The predicted octanol–water partition coefficient (Wildman–Crippen LogP) is 3.51. The van der Waals surface area contributed by atoms with Crippen LogP contribution in [0.1, 0.15) is 16.7 Å². The number of aryl methyl sites for hydroxylation is 2. The summed E-state index contributed by atoms with van der Waals surface area (Å²) in [6.45, 7) is 4.08. The van der Waals surface area contributed by atoms with Crippen LogP contribution in [0.3, 0.4) is 0 Å². The van der Waals surface area contributed by atoms with Crippen LogP contribution in [0.4, 0.5) is 0 Å². The molecular weight excluding hydrogens is 362 g/mol. The fourth-order valence-corrected chi connectivity index (χ4v) is 3.30. The molecule has 3 rings (SSSR count). The summed E-state index contributed by atoms with van der Waals surface area (Å²) in [5.41, 5.74) is 6.01. The third-order valence-electron chi connectivity index (χ3n) is 3.91. The number of hydrazone groups is 1. The van der Waals surface area contributed by atoms with Crippen LogP contribution >= 0.6 is 11.8 Å². The molecule has 7 heteroatoms. The number of pyridine rings is 1. The van der Waals surface area contributed by atoms with Crippen LogP contribution in [0.5, 0.6) is 11.5 Å². The molecule has 3 N–H and O–H groups in total. The van der Waals surface area contributed by atoms with E-state index < -0.39 is 0 Å². The van der Waals surface area contributed by atoms with Gasteiger partial charge in [0.25, 0.3) is 0 Å². The van der Waals surface area contributed by atoms with Crippen LogP contribution in [0, 0.1) is 13.8 Å². The molecule has 1 heterocycles. The van der Waals surface area contributed by atoms with Crippen molar-refractivity contribution >= 4 is 34.8 Å². The number of hydrogen-bond acceptors (Lipinski definition) is 6. The summed E-state index contributed by atoms with van der Waals surface area (Å²) in [6.07, 6.45) is 1.32. The molecule has 0 fully saturated rings. The minimum Gasteiger partial charge on any atom is -0.508 e. The molecule has 0 saturated carbocycles. The highest BCUT2D eigenvalue weighted by Gasteiger charge is 2.07. The van der Waals surface area contributed by atoms with Gasteiger partial charge in [-0.25, -0.2) is 10.4 Å². The average Bonchev–Trinajstić information content (AvgIpc) is 2.62. The van der Waals surface area contributed by atoms with Crippen molar-refractivity contribution in [1.29, 1.82) is 0 Å². The molecule has 3 aromatic rings. The smallest absolute Gasteiger partial charge is 0.250 e. The molecule has 0 bridgehead atoms. The molecule has 0 spiro atoms. The van der Waals surface area contributed by atoms with Gasteiger partial charge in [0, 0.05) is 17.0 Å². The Kier molecular flexibility index (Phi) is 5.61. The number of carbonyl (C=O) groups is 1. The second kappa shape index (κ2) is 8.09. The zero-order valence-electron chi connectivity index (χ0n) is 14.9. The number of carbonyl (C=O) groups excluding carboxylic acids is 1. The molecule has 6 nitrogen and oxygen atoms in total. The monoisotopic (exact) mass is 381 g/mol. The first kappa shape index (κ1) is 18.7. The van der Waals surface area contributed by atoms with Crippen LogP contribution < -0.4 is 5.43 Å². The molecule has 1 aromatic heterocycles. The number of nitrogens with one attached hydrogen (secondary N) is 1. The van der Waals surface area contributed by atoms with Gasteiger partial charge >= 0.3 is 0 Å². The number of phenolic OH excluding ortho intramolecular Hbond substituents is 2. The third kappa shape index (κ3) is 4.77. The van der Waals surface area contributed by atoms with Gasteiger partial charge in [-0.2, -0.15) is 5.10 Å². The minimum atomic E-state index is -0.280. The van der Waals surface area contributed by atoms with E-state index in [1.54, 1.807) is 0 Å². The molecule has 27 heavy (non-hydrogen) atoms. The maximum atomic E-state index is 12.0. The SMILES string of the molecule is Cc1ccc2nc(SCC(=O)NN=Cc3ccc(O)cc3O)cc(C)c2c1. The Morgan fingerprint density at radius 3 is 2.78 bits per heavy atom. The summed E-state index contributed by atoms with van der Waals surface area (Å²) < 4.78 is 0. The average molecular weight is 381 g/mol. The molecule has 0 unspecified atom stereocenters. The van der Waals surface area contributed by atoms with Gasteiger partial charge in [-0.05, 0) is 49.7 Å². The summed E-state index contributed by atoms with van der Waals surface area (Å²) in [5, 5.41) is 24.6. The van der Waals surface area contributed by atoms with Crippen molar-refractivity contribution in [2.45, 2.75) is 18.9 Å². The number of aromatic hydroxyl groups is 2. The number of benzene rings is 2. The number of rotatable bonds is 5. The van der Waals surface area contributed by atoms with Crippen molar-refractivity contribution in [3.8, 4) is 11.5 Å². The number of hydrogen-bond donors (Lipinski definition) is 3. The lowest BCUT2D eigenvalue weighted by molar-refractivity contribution is -0.118. The van der Waals surface area contributed by atoms with Gasteiger partial charge in [-0.3, -0.25) is 4.79 Å². The van der Waals surface area contributed by atoms with Crippen LogP contribution in [0.25, 0.3) is 10.9 Å². The van der Waals surface area contributed by atoms with Crippen molar-refractivity contribution in [2.24, 2.45) is 5.10 Å². The lowest BCUT2D eigenvalue weighted by Crippen LogP contribution is -2.19. The standard InChI is InChI=1S/C20H19N3O3S/c1-12-3-6-17-16(7-12)13(2)8-20(22-17)27-11-19(26)23-21-10-14-4-5-15(24)9-18(14)25/h3-10,24-25H,11H2,1-2H3,(H,23,26). The van der Waals surface area contributed by atoms with Crippen molar-refractivity contribution in [3.05, 3.63) is 59.2 Å². The lowest BCUT2D eigenvalue weighted by atomic mass is 10.1. The third-order valence-corrected chi connectivity index (χ3v) is 4.82. The molecule has 0 saturated heterocycles. The predicted molar refractivity (Wildman–Crippen MR) is 107 cm³/mol. The van der Waals surface area contributed by atoms with Gasteiger partial charge in [0.2, 0.25) is 5.91 Å². The molecule has 0 radical (unpaired) electrons. The summed E-state index contributed by atoms with van der Waals surface area (Å²) in [6, 6.07) is 12.2. The summed E-state index contributed by atoms with van der Waals surface area (Å²) in [5.74, 6) is -0.271. The highest BCUT2D eigenvalue weighted by molar-refractivity contribution is 7.99. The molecule has 138 valence electrons. The Balaban J connectivity index is 1.60. The van der Waals surface area contributed by atoms with Crippen LogP contribution in [-0.2, 0) is 4.79 Å². The number of thioether (sulfide) groups is 1. The van der Waals surface area contributed by atoms with E-state index in [1.165, 1.54) is 41.7 Å². The number of nitrogens with zero attached hydrogens (tertiary/aromatic N) is 2. The summed E-state index contributed by atoms with van der Waals surface area (Å²) in [4.78, 5) is 16.5. The van der Waals surface area contributed by atoms with Gasteiger partial charge in [-0.1, -0.05) is 23.4 Å². The molecular formula is C20H19N3O3S. The second-order valence-electron chi connectivity index (χ2n) is 6.12. The Bertz CT molecular complexity index is 1030. The van der Waals surface area contributed by atoms with Crippen molar-refractivity contribution in [1.82, 2.24) is 10.4 Å². The van der Waals surface area contributed by atoms with Crippen molar-refractivity contribution in [2.75, 3.05) is 5.75 Å². The van der Waals surface area contributed by atoms with E-state index in [0.29, 0.717) is 5.56 Å². The Hall–Kier alpha value is -3.06. The van der Waals surface area contributed by atoms with Crippen molar-refractivity contribution < 1.29 is 15.0 Å². The normalized spacial score (nSPS) is 11.2. The zero-order valence-corrected chi connectivity index (χ0v) is 15.7. The first-order chi connectivity index (χ1) is 12.9. The lowest BCUT2D eigenvalue weighted by Gasteiger charge is -2.07. The van der Waals surface area contributed by atoms with Gasteiger partial charge < -0.3 is 10.2 Å². The minimum absolute atomic E-state index is 0.0431. The van der Waals surface area contributed by atoms with Gasteiger partial charge in [-0.15, -0.1) is 0 Å². The largest absolute Gasteiger partial charge is 0.508 e. The number of aromatic nitrogens is 1. The van der Waals surface area contributed by atoms with E-state index in [4.69, 9.17) is 0 Å². The molecule has 0 atom stereocenters. The highest BCUT2D eigenvalue weighted by Crippen LogP contribution is 2.24. The quantitative estimate of drug-likeness (QED) is 0.357. The number of amides is 1. The summed E-state index contributed by atoms with van der Waals surface area (Å²) in [7, 11) is 0. The van der Waals surface area contributed by atoms with E-state index in [1.807, 2.05) is 32.0 Å². The molecule has 2 aromatic carbocycles. The van der Waals surface area contributed by atoms with Crippen molar-refractivity contribution in [3.63, 3.8) is 0 Å². The second-order valence-corrected chi connectivity index (χ2v) is 7.12. The van der Waals surface area contributed by atoms with E-state index in [0.717, 1.165) is 21.5 Å². The first-order valence-corrected chi connectivity index (χ1v) is 9.25. The summed E-state index contributed by atoms with van der Waals surface area (Å²) >= 11 is 1.33. The van der Waals surface area contributed by atoms with Gasteiger partial charge in [0.05, 0.1) is 22.5 Å². The van der Waals surface area contributed by atoms with Gasteiger partial charge in [0.15, 0.2) is 0 Å². The molecule has 1 amide bonds. The molecule has 0 aliphatic carbocycles. The van der Waals surface area contributed by atoms with E-state index in [2.05, 4.69) is 21.6 Å². The number of phenols is 2. The Morgan fingerprint density at radius 2 is 2.00 bits per heavy atom. The van der Waals surface area contributed by atoms with E-state index in [9.17, 15) is 15.0 Å². The number of fused-ring (bicyclic) bond motifs is 1. The maximum absolute atomic E-state index is 12.0. The maximum Gasteiger partial charge on any atom is 0.250 e. The molecule has 0 aliphatic rings. The van der Waals surface area contributed by atoms with E-state index >= 15 is 0 Å². The Labute approximate surface area is 161 Å². The van der Waals surface area contributed by atoms with Gasteiger partial charge in [0.1, 0.15) is 11.5 Å². The Morgan fingerprint density at radius 1 is 1.19 bits per heavy atom. The van der Waals surface area contributed by atoms with Crippen LogP contribution in [-0.4, -0.2) is 33.1 Å². The topological polar surface area (TPSA) is 94.8 Å². The first-order valence-electron chi connectivity index (χ1n) is 8.27. The van der Waals surface area contributed by atoms with Crippen LogP contribution in [0.2, 0.25) is 0 Å². The van der Waals surface area contributed by atoms with E-state index in [-0.39, 0.29) is 23.2 Å². The fraction of sp³-hybridized carbons (Fsp3) is 0.150. The zero-order chi connectivity index (χ0) is 19.4.